The number of nitrogens with one attached hydrogen (secondary N) is 1. The summed E-state index contributed by atoms with van der Waals surface area (Å²) in [5, 5.41) is 3.04. The third kappa shape index (κ3) is 4.38. The van der Waals surface area contributed by atoms with Crippen molar-refractivity contribution in [1.82, 2.24) is 10.2 Å². The molecule has 5 heteroatoms. The van der Waals surface area contributed by atoms with Gasteiger partial charge in [-0.15, -0.1) is 0 Å². The summed E-state index contributed by atoms with van der Waals surface area (Å²) in [6.45, 7) is 6.04. The van der Waals surface area contributed by atoms with E-state index in [1.807, 2.05) is 12.1 Å². The van der Waals surface area contributed by atoms with Crippen LogP contribution in [0.5, 0.6) is 5.75 Å². The Morgan fingerprint density at radius 2 is 1.96 bits per heavy atom. The number of methoxy groups -OCH3 is 1. The average Bonchev–Trinajstić information content (AvgIpc) is 3.44. The Morgan fingerprint density at radius 1 is 1.22 bits per heavy atom. The number of piperazine rings is 1. The van der Waals surface area contributed by atoms with Gasteiger partial charge in [0.2, 0.25) is 5.91 Å². The number of carbonyl (C=O) groups is 1. The second kappa shape index (κ2) is 7.68. The number of amides is 1. The van der Waals surface area contributed by atoms with E-state index in [2.05, 4.69) is 27.2 Å². The van der Waals surface area contributed by atoms with Crippen LogP contribution in [-0.4, -0.2) is 57.2 Å². The number of para-hydroxylation sites is 2. The number of hydrogen-bond acceptors (Lipinski definition) is 4. The van der Waals surface area contributed by atoms with E-state index in [4.69, 9.17) is 4.74 Å². The van der Waals surface area contributed by atoms with Crippen LogP contribution in [0.2, 0.25) is 0 Å². The molecule has 0 aromatic heterocycles. The quantitative estimate of drug-likeness (QED) is 0.778. The van der Waals surface area contributed by atoms with Gasteiger partial charge in [-0.1, -0.05) is 12.1 Å². The van der Waals surface area contributed by atoms with Crippen LogP contribution in [0.15, 0.2) is 24.3 Å². The van der Waals surface area contributed by atoms with Gasteiger partial charge < -0.3 is 15.0 Å². The zero-order valence-electron chi connectivity index (χ0n) is 14.0. The molecule has 23 heavy (non-hydrogen) atoms. The maximum Gasteiger partial charge on any atom is 0.223 e. The van der Waals surface area contributed by atoms with Gasteiger partial charge in [-0.05, 0) is 37.9 Å². The smallest absolute Gasteiger partial charge is 0.223 e. The van der Waals surface area contributed by atoms with Crippen LogP contribution in [-0.2, 0) is 4.79 Å². The van der Waals surface area contributed by atoms with Crippen LogP contribution in [0.1, 0.15) is 19.3 Å². The van der Waals surface area contributed by atoms with E-state index in [9.17, 15) is 4.79 Å². The van der Waals surface area contributed by atoms with Crippen LogP contribution in [0, 0.1) is 5.92 Å². The summed E-state index contributed by atoms with van der Waals surface area (Å²) in [7, 11) is 1.73. The minimum absolute atomic E-state index is 0.256. The average molecular weight is 317 g/mol. The Hall–Kier alpha value is -1.75. The number of carbonyl (C=O) groups excluding carboxylic acids is 1. The van der Waals surface area contributed by atoms with E-state index in [1.54, 1.807) is 7.11 Å². The molecular weight excluding hydrogens is 290 g/mol. The Bertz CT molecular complexity index is 523. The molecule has 1 amide bonds. The summed E-state index contributed by atoms with van der Waals surface area (Å²) in [6.07, 6.45) is 3.20. The molecule has 3 rings (SSSR count). The van der Waals surface area contributed by atoms with E-state index in [1.165, 1.54) is 5.69 Å². The Kier molecular flexibility index (Phi) is 5.39. The van der Waals surface area contributed by atoms with Crippen LogP contribution in [0.3, 0.4) is 0 Å². The Labute approximate surface area is 138 Å². The molecule has 2 fully saturated rings. The number of rotatable bonds is 7. The van der Waals surface area contributed by atoms with Crippen LogP contribution in [0.25, 0.3) is 0 Å². The first-order valence-electron chi connectivity index (χ1n) is 8.66. The zero-order valence-corrected chi connectivity index (χ0v) is 14.0. The van der Waals surface area contributed by atoms with E-state index in [-0.39, 0.29) is 5.91 Å². The number of anilines is 1. The first-order valence-corrected chi connectivity index (χ1v) is 8.66. The van der Waals surface area contributed by atoms with Crippen LogP contribution >= 0.6 is 0 Å². The van der Waals surface area contributed by atoms with Gasteiger partial charge in [-0.25, -0.2) is 0 Å². The Balaban J connectivity index is 1.37. The number of ether oxygens (including phenoxy) is 1. The van der Waals surface area contributed by atoms with Crippen molar-refractivity contribution in [3.63, 3.8) is 0 Å². The lowest BCUT2D eigenvalue weighted by atomic mass is 10.2. The van der Waals surface area contributed by atoms with Gasteiger partial charge in [0, 0.05) is 38.6 Å². The third-order valence-electron chi connectivity index (χ3n) is 4.70. The molecule has 1 aromatic carbocycles. The van der Waals surface area contributed by atoms with Crippen molar-refractivity contribution in [3.05, 3.63) is 24.3 Å². The summed E-state index contributed by atoms with van der Waals surface area (Å²) < 4.78 is 5.46. The lowest BCUT2D eigenvalue weighted by Gasteiger charge is -2.36. The molecule has 1 saturated heterocycles. The minimum Gasteiger partial charge on any atom is -0.495 e. The summed E-state index contributed by atoms with van der Waals surface area (Å²) in [6, 6.07) is 8.22. The van der Waals surface area contributed by atoms with Crippen molar-refractivity contribution >= 4 is 11.6 Å². The van der Waals surface area contributed by atoms with Gasteiger partial charge in [0.25, 0.3) is 0 Å². The van der Waals surface area contributed by atoms with Crippen molar-refractivity contribution in [1.29, 1.82) is 0 Å². The molecule has 1 aliphatic heterocycles. The molecule has 1 heterocycles. The first kappa shape index (κ1) is 16.1. The SMILES string of the molecule is COc1ccccc1N1CCN(CCCNC(=O)C2CC2)CC1. The van der Waals surface area contributed by atoms with E-state index in [0.717, 1.165) is 64.3 Å². The number of benzene rings is 1. The minimum atomic E-state index is 0.256. The molecule has 0 atom stereocenters. The molecule has 1 aromatic rings. The summed E-state index contributed by atoms with van der Waals surface area (Å²) in [5.74, 6) is 1.52. The molecule has 0 bridgehead atoms. The van der Waals surface area contributed by atoms with Gasteiger partial charge in [0.05, 0.1) is 12.8 Å². The fraction of sp³-hybridized carbons (Fsp3) is 0.611. The molecule has 1 aliphatic carbocycles. The predicted octanol–water partition coefficient (Wildman–Crippen LogP) is 1.73. The van der Waals surface area contributed by atoms with Gasteiger partial charge >= 0.3 is 0 Å². The first-order chi connectivity index (χ1) is 11.3. The second-order valence-corrected chi connectivity index (χ2v) is 6.42. The van der Waals surface area contributed by atoms with E-state index < -0.39 is 0 Å². The lowest BCUT2D eigenvalue weighted by molar-refractivity contribution is -0.122. The maximum absolute atomic E-state index is 11.6. The van der Waals surface area contributed by atoms with Gasteiger partial charge in [-0.2, -0.15) is 0 Å². The highest BCUT2D eigenvalue weighted by atomic mass is 16.5. The zero-order chi connectivity index (χ0) is 16.1. The lowest BCUT2D eigenvalue weighted by Crippen LogP contribution is -2.47. The molecule has 0 radical (unpaired) electrons. The van der Waals surface area contributed by atoms with E-state index in [0.29, 0.717) is 5.92 Å². The molecule has 5 nitrogen and oxygen atoms in total. The molecule has 126 valence electrons. The summed E-state index contributed by atoms with van der Waals surface area (Å²) >= 11 is 0. The fourth-order valence-corrected chi connectivity index (χ4v) is 3.11. The van der Waals surface area contributed by atoms with Crippen molar-refractivity contribution in [2.45, 2.75) is 19.3 Å². The van der Waals surface area contributed by atoms with Gasteiger partial charge in [-0.3, -0.25) is 9.69 Å². The van der Waals surface area contributed by atoms with Crippen LogP contribution < -0.4 is 15.0 Å². The molecular formula is C18H27N3O2. The third-order valence-corrected chi connectivity index (χ3v) is 4.70. The summed E-state index contributed by atoms with van der Waals surface area (Å²) in [5.41, 5.74) is 1.19. The van der Waals surface area contributed by atoms with Crippen molar-refractivity contribution < 1.29 is 9.53 Å². The fourth-order valence-electron chi connectivity index (χ4n) is 3.11. The highest BCUT2D eigenvalue weighted by Gasteiger charge is 2.29. The Morgan fingerprint density at radius 3 is 2.65 bits per heavy atom. The number of hydrogen-bond donors (Lipinski definition) is 1. The monoisotopic (exact) mass is 317 g/mol. The van der Waals surface area contributed by atoms with Crippen molar-refractivity contribution in [2.24, 2.45) is 5.92 Å². The van der Waals surface area contributed by atoms with Crippen LogP contribution in [0.4, 0.5) is 5.69 Å². The van der Waals surface area contributed by atoms with E-state index >= 15 is 0 Å². The number of nitrogens with zero attached hydrogens (tertiary/aromatic N) is 2. The largest absolute Gasteiger partial charge is 0.495 e. The molecule has 1 saturated carbocycles. The molecule has 0 unspecified atom stereocenters. The van der Waals surface area contributed by atoms with Gasteiger partial charge in [0.15, 0.2) is 0 Å². The molecule has 2 aliphatic rings. The molecule has 1 N–H and O–H groups in total. The highest BCUT2D eigenvalue weighted by molar-refractivity contribution is 5.80. The molecule has 0 spiro atoms. The second-order valence-electron chi connectivity index (χ2n) is 6.42. The van der Waals surface area contributed by atoms with Crippen molar-refractivity contribution in [2.75, 3.05) is 51.3 Å². The van der Waals surface area contributed by atoms with Crippen molar-refractivity contribution in [3.8, 4) is 5.75 Å². The standard InChI is InChI=1S/C18H27N3O2/c1-23-17-6-3-2-5-16(17)21-13-11-20(12-14-21)10-4-9-19-18(22)15-7-8-15/h2-3,5-6,15H,4,7-14H2,1H3,(H,19,22). The predicted molar refractivity (Wildman–Crippen MR) is 92.0 cm³/mol. The highest BCUT2D eigenvalue weighted by Crippen LogP contribution is 2.29. The van der Waals surface area contributed by atoms with Gasteiger partial charge in [0.1, 0.15) is 5.75 Å². The normalized spacial score (nSPS) is 18.7. The topological polar surface area (TPSA) is 44.8 Å². The summed E-state index contributed by atoms with van der Waals surface area (Å²) in [4.78, 5) is 16.4. The maximum atomic E-state index is 11.6.